The molecule has 0 heterocycles. The molecule has 4 rings (SSSR count). The average Bonchev–Trinajstić information content (AvgIpc) is 3.52. The Bertz CT molecular complexity index is 844. The zero-order valence-corrected chi connectivity index (χ0v) is 14.2. The summed E-state index contributed by atoms with van der Waals surface area (Å²) in [4.78, 5) is 11.7. The highest BCUT2D eigenvalue weighted by Gasteiger charge is 2.28. The van der Waals surface area contributed by atoms with Crippen molar-refractivity contribution in [2.24, 2.45) is 0 Å². The van der Waals surface area contributed by atoms with Gasteiger partial charge in [-0.1, -0.05) is 6.07 Å². The summed E-state index contributed by atoms with van der Waals surface area (Å²) in [6.07, 6.45) is 5.07. The maximum Gasteiger partial charge on any atom is 0.337 e. The van der Waals surface area contributed by atoms with Crippen LogP contribution in [0, 0.1) is 11.3 Å². The second-order valence-corrected chi connectivity index (χ2v) is 6.93. The molecule has 0 spiro atoms. The minimum atomic E-state index is -0.435. The van der Waals surface area contributed by atoms with E-state index in [9.17, 15) is 10.1 Å². The summed E-state index contributed by atoms with van der Waals surface area (Å²) in [7, 11) is 1.34. The zero-order valence-electron chi connectivity index (χ0n) is 14.2. The fourth-order valence-electron chi connectivity index (χ4n) is 3.20. The van der Waals surface area contributed by atoms with Crippen LogP contribution < -0.4 is 5.32 Å². The van der Waals surface area contributed by atoms with Gasteiger partial charge in [0.25, 0.3) is 0 Å². The molecular formula is C21H20N2O2. The Balaban J connectivity index is 1.65. The lowest BCUT2D eigenvalue weighted by molar-refractivity contribution is 0.0600. The molecule has 0 saturated heterocycles. The van der Waals surface area contributed by atoms with E-state index in [4.69, 9.17) is 4.74 Å². The highest BCUT2D eigenvalue weighted by atomic mass is 16.5. The van der Waals surface area contributed by atoms with Gasteiger partial charge < -0.3 is 10.1 Å². The monoisotopic (exact) mass is 332 g/mol. The van der Waals surface area contributed by atoms with Crippen LogP contribution in [-0.4, -0.2) is 13.1 Å². The summed E-state index contributed by atoms with van der Waals surface area (Å²) in [6, 6.07) is 13.9. The van der Waals surface area contributed by atoms with Crippen molar-refractivity contribution in [2.45, 2.75) is 37.5 Å². The van der Waals surface area contributed by atoms with Crippen molar-refractivity contribution in [3.05, 3.63) is 58.7 Å². The molecule has 0 aromatic heterocycles. The number of hydrogen-bond acceptors (Lipinski definition) is 4. The van der Waals surface area contributed by atoms with Gasteiger partial charge >= 0.3 is 5.97 Å². The molecule has 4 nitrogen and oxygen atoms in total. The third kappa shape index (κ3) is 3.36. The number of nitrogens with one attached hydrogen (secondary N) is 1. The lowest BCUT2D eigenvalue weighted by Crippen LogP contribution is -2.03. The number of benzene rings is 2. The number of rotatable bonds is 5. The number of anilines is 2. The molecule has 1 N–H and O–H groups in total. The number of nitriles is 1. The normalized spacial score (nSPS) is 16.2. The van der Waals surface area contributed by atoms with E-state index in [1.165, 1.54) is 43.9 Å². The third-order valence-corrected chi connectivity index (χ3v) is 4.92. The van der Waals surface area contributed by atoms with E-state index >= 15 is 0 Å². The number of carbonyl (C=O) groups is 1. The van der Waals surface area contributed by atoms with Gasteiger partial charge in [0.1, 0.15) is 6.07 Å². The van der Waals surface area contributed by atoms with Crippen molar-refractivity contribution < 1.29 is 9.53 Å². The van der Waals surface area contributed by atoms with Crippen molar-refractivity contribution >= 4 is 17.3 Å². The smallest absolute Gasteiger partial charge is 0.337 e. The van der Waals surface area contributed by atoms with Gasteiger partial charge in [-0.05, 0) is 79.0 Å². The summed E-state index contributed by atoms with van der Waals surface area (Å²) < 4.78 is 4.72. The number of carbonyl (C=O) groups excluding carboxylic acids is 1. The Morgan fingerprint density at radius 1 is 1.08 bits per heavy atom. The molecule has 25 heavy (non-hydrogen) atoms. The SMILES string of the molecule is COC(=O)c1ccc(Nc2cc(C3CC3)cc(C3CC3)c2)c(C#N)c1. The molecule has 2 aromatic rings. The predicted molar refractivity (Wildman–Crippen MR) is 96.2 cm³/mol. The van der Waals surface area contributed by atoms with Gasteiger partial charge in [-0.25, -0.2) is 4.79 Å². The fraction of sp³-hybridized carbons (Fsp3) is 0.333. The molecule has 0 radical (unpaired) electrons. The molecule has 126 valence electrons. The molecule has 2 saturated carbocycles. The van der Waals surface area contributed by atoms with Crippen molar-refractivity contribution in [1.29, 1.82) is 5.26 Å². The van der Waals surface area contributed by atoms with Gasteiger partial charge in [-0.3, -0.25) is 0 Å². The first-order chi connectivity index (χ1) is 12.2. The summed E-state index contributed by atoms with van der Waals surface area (Å²) in [5.74, 6) is 0.947. The lowest BCUT2D eigenvalue weighted by Gasteiger charge is -2.13. The molecule has 0 unspecified atom stereocenters. The van der Waals surface area contributed by atoms with Gasteiger partial charge in [-0.15, -0.1) is 0 Å². The maximum absolute atomic E-state index is 11.7. The standard InChI is InChI=1S/C21H20N2O2/c1-25-21(24)15-6-7-20(18(8-15)12-22)23-19-10-16(13-2-3-13)9-17(11-19)14-4-5-14/h6-11,13-14,23H,2-5H2,1H3. The Labute approximate surface area is 147 Å². The largest absolute Gasteiger partial charge is 0.465 e. The summed E-state index contributed by atoms with van der Waals surface area (Å²) in [5.41, 5.74) is 5.36. The first-order valence-corrected chi connectivity index (χ1v) is 8.72. The van der Waals surface area contributed by atoms with Crippen LogP contribution in [0.25, 0.3) is 0 Å². The first kappa shape index (κ1) is 15.7. The van der Waals surface area contributed by atoms with E-state index in [1.54, 1.807) is 18.2 Å². The molecule has 0 atom stereocenters. The Kier molecular flexibility index (Phi) is 3.93. The van der Waals surface area contributed by atoms with Crippen LogP contribution in [0.1, 0.15) is 64.6 Å². The molecular weight excluding hydrogens is 312 g/mol. The Morgan fingerprint density at radius 2 is 1.72 bits per heavy atom. The molecule has 0 amide bonds. The number of hydrogen-bond donors (Lipinski definition) is 1. The first-order valence-electron chi connectivity index (χ1n) is 8.72. The average molecular weight is 332 g/mol. The van der Waals surface area contributed by atoms with E-state index < -0.39 is 5.97 Å². The molecule has 2 aromatic carbocycles. The summed E-state index contributed by atoms with van der Waals surface area (Å²) in [6.45, 7) is 0. The van der Waals surface area contributed by atoms with E-state index in [2.05, 4.69) is 29.6 Å². The minimum Gasteiger partial charge on any atom is -0.465 e. The molecule has 0 aliphatic heterocycles. The van der Waals surface area contributed by atoms with Gasteiger partial charge in [0.15, 0.2) is 0 Å². The topological polar surface area (TPSA) is 62.1 Å². The highest BCUT2D eigenvalue weighted by molar-refractivity contribution is 5.90. The molecule has 0 bridgehead atoms. The molecule has 2 fully saturated rings. The fourth-order valence-corrected chi connectivity index (χ4v) is 3.20. The third-order valence-electron chi connectivity index (χ3n) is 4.92. The Hall–Kier alpha value is -2.80. The number of ether oxygens (including phenoxy) is 1. The minimum absolute atomic E-state index is 0.384. The number of methoxy groups -OCH3 is 1. The summed E-state index contributed by atoms with van der Waals surface area (Å²) >= 11 is 0. The van der Waals surface area contributed by atoms with Crippen molar-refractivity contribution in [3.8, 4) is 6.07 Å². The van der Waals surface area contributed by atoms with Crippen LogP contribution in [-0.2, 0) is 4.74 Å². The van der Waals surface area contributed by atoms with Crippen molar-refractivity contribution in [2.75, 3.05) is 12.4 Å². The number of esters is 1. The van der Waals surface area contributed by atoms with Crippen LogP contribution in [0.5, 0.6) is 0 Å². The second kappa shape index (κ2) is 6.25. The molecule has 2 aliphatic carbocycles. The van der Waals surface area contributed by atoms with Gasteiger partial charge in [0.05, 0.1) is 23.9 Å². The van der Waals surface area contributed by atoms with Crippen LogP contribution in [0.2, 0.25) is 0 Å². The van der Waals surface area contributed by atoms with E-state index in [0.29, 0.717) is 28.7 Å². The van der Waals surface area contributed by atoms with Crippen molar-refractivity contribution in [3.63, 3.8) is 0 Å². The predicted octanol–water partition coefficient (Wildman–Crippen LogP) is 4.84. The lowest BCUT2D eigenvalue weighted by atomic mass is 10.0. The van der Waals surface area contributed by atoms with E-state index in [1.807, 2.05) is 0 Å². The summed E-state index contributed by atoms with van der Waals surface area (Å²) in [5, 5.41) is 12.8. The molecule has 4 heteroatoms. The maximum atomic E-state index is 11.7. The van der Waals surface area contributed by atoms with E-state index in [0.717, 1.165) is 5.69 Å². The van der Waals surface area contributed by atoms with Crippen molar-refractivity contribution in [1.82, 2.24) is 0 Å². The zero-order chi connectivity index (χ0) is 17.4. The van der Waals surface area contributed by atoms with E-state index in [-0.39, 0.29) is 0 Å². The quantitative estimate of drug-likeness (QED) is 0.796. The van der Waals surface area contributed by atoms with Crippen LogP contribution in [0.4, 0.5) is 11.4 Å². The van der Waals surface area contributed by atoms with Crippen LogP contribution in [0.3, 0.4) is 0 Å². The van der Waals surface area contributed by atoms with Crippen LogP contribution >= 0.6 is 0 Å². The molecule has 2 aliphatic rings. The highest BCUT2D eigenvalue weighted by Crippen LogP contribution is 2.46. The van der Waals surface area contributed by atoms with Gasteiger partial charge in [-0.2, -0.15) is 5.26 Å². The Morgan fingerprint density at radius 3 is 2.24 bits per heavy atom. The van der Waals surface area contributed by atoms with Gasteiger partial charge in [0.2, 0.25) is 0 Å². The number of nitrogens with zero attached hydrogens (tertiary/aromatic N) is 1. The van der Waals surface area contributed by atoms with Crippen LogP contribution in [0.15, 0.2) is 36.4 Å². The van der Waals surface area contributed by atoms with Gasteiger partial charge in [0, 0.05) is 5.69 Å². The second-order valence-electron chi connectivity index (χ2n) is 6.93.